The Morgan fingerprint density at radius 2 is 2.18 bits per heavy atom. The Morgan fingerprint density at radius 3 is 2.88 bits per heavy atom. The maximum absolute atomic E-state index is 5.30. The van der Waals surface area contributed by atoms with Crippen LogP contribution in [0.4, 0.5) is 0 Å². The summed E-state index contributed by atoms with van der Waals surface area (Å²) in [5, 5.41) is 7.06. The topological polar surface area (TPSA) is 63.4 Å². The molecule has 1 aliphatic heterocycles. The van der Waals surface area contributed by atoms with Gasteiger partial charge in [-0.15, -0.1) is 0 Å². The van der Waals surface area contributed by atoms with Gasteiger partial charge in [0.1, 0.15) is 0 Å². The summed E-state index contributed by atoms with van der Waals surface area (Å²) in [7, 11) is 1.88. The molecule has 0 radical (unpaired) electrons. The Balaban J connectivity index is 1.80. The van der Waals surface area contributed by atoms with Gasteiger partial charge in [-0.3, -0.25) is 4.90 Å². The van der Waals surface area contributed by atoms with Crippen LogP contribution < -0.4 is 5.32 Å². The van der Waals surface area contributed by atoms with Crippen LogP contribution in [0.2, 0.25) is 0 Å². The highest BCUT2D eigenvalue weighted by Crippen LogP contribution is 2.09. The van der Waals surface area contributed by atoms with Gasteiger partial charge in [-0.2, -0.15) is 4.98 Å². The third kappa shape index (κ3) is 3.49. The lowest BCUT2D eigenvalue weighted by Crippen LogP contribution is -2.37. The first-order valence-corrected chi connectivity index (χ1v) is 6.09. The molecule has 0 aromatic carbocycles. The van der Waals surface area contributed by atoms with E-state index in [1.807, 2.05) is 14.0 Å². The van der Waals surface area contributed by atoms with Crippen molar-refractivity contribution in [2.45, 2.75) is 19.4 Å². The van der Waals surface area contributed by atoms with Gasteiger partial charge in [-0.25, -0.2) is 0 Å². The lowest BCUT2D eigenvalue weighted by Gasteiger charge is -2.25. The van der Waals surface area contributed by atoms with Crippen molar-refractivity contribution in [3.8, 4) is 0 Å². The summed E-state index contributed by atoms with van der Waals surface area (Å²) in [6, 6.07) is 0.111. The van der Waals surface area contributed by atoms with Crippen LogP contribution in [-0.2, 0) is 11.2 Å². The molecule has 1 fully saturated rings. The molecule has 0 aliphatic carbocycles. The molecule has 1 aromatic heterocycles. The fourth-order valence-electron chi connectivity index (χ4n) is 1.75. The Labute approximate surface area is 101 Å². The molecule has 6 heteroatoms. The molecule has 2 rings (SSSR count). The molecule has 17 heavy (non-hydrogen) atoms. The number of aromatic nitrogens is 2. The van der Waals surface area contributed by atoms with E-state index in [0.29, 0.717) is 5.89 Å². The molecule has 2 heterocycles. The van der Waals surface area contributed by atoms with E-state index in [1.54, 1.807) is 0 Å². The number of nitrogens with one attached hydrogen (secondary N) is 1. The molecule has 1 atom stereocenters. The van der Waals surface area contributed by atoms with Crippen LogP contribution >= 0.6 is 0 Å². The van der Waals surface area contributed by atoms with E-state index in [-0.39, 0.29) is 6.04 Å². The minimum atomic E-state index is 0.111. The second-order valence-electron chi connectivity index (χ2n) is 4.26. The van der Waals surface area contributed by atoms with Crippen LogP contribution in [-0.4, -0.2) is 54.9 Å². The number of rotatable bonds is 5. The van der Waals surface area contributed by atoms with E-state index in [9.17, 15) is 0 Å². The van der Waals surface area contributed by atoms with Crippen LogP contribution in [0.3, 0.4) is 0 Å². The summed E-state index contributed by atoms with van der Waals surface area (Å²) in [6.07, 6.45) is 0.833. The zero-order valence-corrected chi connectivity index (χ0v) is 10.5. The van der Waals surface area contributed by atoms with Gasteiger partial charge in [-0.05, 0) is 14.0 Å². The Morgan fingerprint density at radius 1 is 1.41 bits per heavy atom. The lowest BCUT2D eigenvalue weighted by atomic mass is 10.3. The van der Waals surface area contributed by atoms with Gasteiger partial charge in [0.25, 0.3) is 0 Å². The number of nitrogens with zero attached hydrogens (tertiary/aromatic N) is 3. The summed E-state index contributed by atoms with van der Waals surface area (Å²) in [5.74, 6) is 1.44. The number of hydrogen-bond acceptors (Lipinski definition) is 6. The average molecular weight is 240 g/mol. The summed E-state index contributed by atoms with van der Waals surface area (Å²) in [4.78, 5) is 6.73. The monoisotopic (exact) mass is 240 g/mol. The van der Waals surface area contributed by atoms with Crippen LogP contribution in [0.15, 0.2) is 4.52 Å². The fraction of sp³-hybridized carbons (Fsp3) is 0.818. The molecular weight excluding hydrogens is 220 g/mol. The molecule has 1 saturated heterocycles. The van der Waals surface area contributed by atoms with E-state index in [4.69, 9.17) is 9.26 Å². The average Bonchev–Trinajstić information content (AvgIpc) is 2.85. The van der Waals surface area contributed by atoms with Gasteiger partial charge in [0.2, 0.25) is 5.89 Å². The minimum Gasteiger partial charge on any atom is -0.379 e. The highest BCUT2D eigenvalue weighted by molar-refractivity contribution is 4.91. The van der Waals surface area contributed by atoms with Crippen LogP contribution in [0.1, 0.15) is 24.7 Å². The van der Waals surface area contributed by atoms with Gasteiger partial charge in [0.15, 0.2) is 5.82 Å². The number of hydrogen-bond donors (Lipinski definition) is 1. The largest absolute Gasteiger partial charge is 0.379 e. The van der Waals surface area contributed by atoms with Crippen molar-refractivity contribution in [2.75, 3.05) is 39.9 Å². The molecule has 0 amide bonds. The standard InChI is InChI=1S/C11H20N4O2/c1-9(12-2)11-13-10(14-17-11)3-4-15-5-7-16-8-6-15/h9,12H,3-8H2,1-2H3. The van der Waals surface area contributed by atoms with Crippen LogP contribution in [0.25, 0.3) is 0 Å². The van der Waals surface area contributed by atoms with Crippen molar-refractivity contribution in [2.24, 2.45) is 0 Å². The van der Waals surface area contributed by atoms with Crippen molar-refractivity contribution in [3.05, 3.63) is 11.7 Å². The molecular formula is C11H20N4O2. The highest BCUT2D eigenvalue weighted by atomic mass is 16.5. The molecule has 6 nitrogen and oxygen atoms in total. The zero-order valence-electron chi connectivity index (χ0n) is 10.5. The Kier molecular flexibility index (Phi) is 4.47. The van der Waals surface area contributed by atoms with Crippen molar-refractivity contribution in [1.82, 2.24) is 20.4 Å². The summed E-state index contributed by atoms with van der Waals surface area (Å²) >= 11 is 0. The Bertz CT molecular complexity index is 336. The molecule has 1 aliphatic rings. The van der Waals surface area contributed by atoms with Crippen LogP contribution in [0.5, 0.6) is 0 Å². The predicted octanol–water partition coefficient (Wildman–Crippen LogP) is 0.225. The second-order valence-corrected chi connectivity index (χ2v) is 4.26. The maximum atomic E-state index is 5.30. The molecule has 1 unspecified atom stereocenters. The van der Waals surface area contributed by atoms with E-state index in [1.165, 1.54) is 0 Å². The predicted molar refractivity (Wildman–Crippen MR) is 62.7 cm³/mol. The number of ether oxygens (including phenoxy) is 1. The van der Waals surface area contributed by atoms with Gasteiger partial charge >= 0.3 is 0 Å². The van der Waals surface area contributed by atoms with Crippen molar-refractivity contribution >= 4 is 0 Å². The smallest absolute Gasteiger partial charge is 0.243 e. The van der Waals surface area contributed by atoms with Crippen molar-refractivity contribution in [1.29, 1.82) is 0 Å². The lowest BCUT2D eigenvalue weighted by molar-refractivity contribution is 0.0381. The van der Waals surface area contributed by atoms with E-state index in [2.05, 4.69) is 20.4 Å². The molecule has 0 spiro atoms. The first kappa shape index (κ1) is 12.5. The zero-order chi connectivity index (χ0) is 12.1. The van der Waals surface area contributed by atoms with Crippen molar-refractivity contribution < 1.29 is 9.26 Å². The van der Waals surface area contributed by atoms with Gasteiger partial charge in [-0.1, -0.05) is 5.16 Å². The van der Waals surface area contributed by atoms with E-state index in [0.717, 1.165) is 45.1 Å². The Hall–Kier alpha value is -0.980. The summed E-state index contributed by atoms with van der Waals surface area (Å²) in [5.41, 5.74) is 0. The maximum Gasteiger partial charge on any atom is 0.243 e. The number of morpholine rings is 1. The molecule has 1 aromatic rings. The van der Waals surface area contributed by atoms with Crippen LogP contribution in [0, 0.1) is 0 Å². The first-order chi connectivity index (χ1) is 8.29. The van der Waals surface area contributed by atoms with E-state index >= 15 is 0 Å². The second kappa shape index (κ2) is 6.09. The third-order valence-corrected chi connectivity index (χ3v) is 3.04. The minimum absolute atomic E-state index is 0.111. The highest BCUT2D eigenvalue weighted by Gasteiger charge is 2.14. The fourth-order valence-corrected chi connectivity index (χ4v) is 1.75. The molecule has 1 N–H and O–H groups in total. The normalized spacial score (nSPS) is 19.4. The molecule has 0 bridgehead atoms. The van der Waals surface area contributed by atoms with Gasteiger partial charge < -0.3 is 14.6 Å². The first-order valence-electron chi connectivity index (χ1n) is 6.09. The van der Waals surface area contributed by atoms with Gasteiger partial charge in [0.05, 0.1) is 19.3 Å². The van der Waals surface area contributed by atoms with E-state index < -0.39 is 0 Å². The third-order valence-electron chi connectivity index (χ3n) is 3.04. The van der Waals surface area contributed by atoms with Gasteiger partial charge in [0, 0.05) is 26.1 Å². The molecule has 0 saturated carbocycles. The summed E-state index contributed by atoms with van der Waals surface area (Å²) in [6.45, 7) is 6.62. The molecule has 96 valence electrons. The quantitative estimate of drug-likeness (QED) is 0.794. The van der Waals surface area contributed by atoms with Crippen molar-refractivity contribution in [3.63, 3.8) is 0 Å². The summed E-state index contributed by atoms with van der Waals surface area (Å²) < 4.78 is 10.5. The SMILES string of the molecule is CNC(C)c1nc(CCN2CCOCC2)no1.